The van der Waals surface area contributed by atoms with E-state index in [1.54, 1.807) is 6.20 Å². The van der Waals surface area contributed by atoms with Crippen LogP contribution in [0.1, 0.15) is 13.3 Å². The molecular weight excluding hydrogens is 228 g/mol. The van der Waals surface area contributed by atoms with E-state index in [2.05, 4.69) is 5.10 Å². The summed E-state index contributed by atoms with van der Waals surface area (Å²) in [5.41, 5.74) is 6.16. The molecular formula is C10H15ClN4O. The van der Waals surface area contributed by atoms with Crippen molar-refractivity contribution in [1.82, 2.24) is 9.78 Å². The summed E-state index contributed by atoms with van der Waals surface area (Å²) < 4.78 is 1.39. The Morgan fingerprint density at radius 3 is 2.88 bits per heavy atom. The Morgan fingerprint density at radius 2 is 2.31 bits per heavy atom. The maximum atomic E-state index is 11.8. The molecule has 1 aliphatic heterocycles. The van der Waals surface area contributed by atoms with Crippen molar-refractivity contribution in [3.63, 3.8) is 0 Å². The fourth-order valence-corrected chi connectivity index (χ4v) is 2.02. The van der Waals surface area contributed by atoms with Crippen molar-refractivity contribution in [3.8, 4) is 0 Å². The third-order valence-electron chi connectivity index (χ3n) is 2.65. The van der Waals surface area contributed by atoms with Gasteiger partial charge >= 0.3 is 0 Å². The van der Waals surface area contributed by atoms with E-state index in [1.165, 1.54) is 4.68 Å². The summed E-state index contributed by atoms with van der Waals surface area (Å²) in [6.07, 6.45) is 2.50. The second-order valence-corrected chi connectivity index (χ2v) is 4.42. The van der Waals surface area contributed by atoms with Crippen LogP contribution in [0.2, 0.25) is 5.02 Å². The highest BCUT2D eigenvalue weighted by molar-refractivity contribution is 6.33. The Hall–Kier alpha value is -1.07. The van der Waals surface area contributed by atoms with Gasteiger partial charge in [-0.3, -0.25) is 4.79 Å². The van der Waals surface area contributed by atoms with Gasteiger partial charge in [-0.2, -0.15) is 5.10 Å². The topological polar surface area (TPSA) is 64.2 Å². The predicted molar refractivity (Wildman–Crippen MR) is 64.0 cm³/mol. The molecule has 2 N–H and O–H groups in total. The molecule has 0 radical (unpaired) electrons. The molecule has 1 aliphatic rings. The molecule has 1 aromatic heterocycles. The first-order chi connectivity index (χ1) is 7.63. The maximum absolute atomic E-state index is 11.8. The number of halogens is 1. The van der Waals surface area contributed by atoms with Crippen LogP contribution in [0.5, 0.6) is 0 Å². The van der Waals surface area contributed by atoms with Gasteiger partial charge in [0.25, 0.3) is 5.56 Å². The van der Waals surface area contributed by atoms with E-state index in [4.69, 9.17) is 17.3 Å². The molecule has 1 aromatic rings. The lowest BCUT2D eigenvalue weighted by molar-refractivity contribution is 0.512. The van der Waals surface area contributed by atoms with Crippen LogP contribution in [0.25, 0.3) is 0 Å². The zero-order valence-electron chi connectivity index (χ0n) is 9.19. The van der Waals surface area contributed by atoms with Crippen LogP contribution in [0.3, 0.4) is 0 Å². The standard InChI is InChI=1S/C10H15ClN4O/c1-2-3-15-10(16)9(11)8(4-13-15)14-5-7(12)6-14/h4,7H,2-3,5-6,12H2,1H3. The minimum atomic E-state index is -0.221. The van der Waals surface area contributed by atoms with E-state index in [1.807, 2.05) is 11.8 Å². The summed E-state index contributed by atoms with van der Waals surface area (Å²) in [5.74, 6) is 0. The average molecular weight is 243 g/mol. The summed E-state index contributed by atoms with van der Waals surface area (Å²) in [6.45, 7) is 4.06. The molecule has 1 saturated heterocycles. The van der Waals surface area contributed by atoms with Gasteiger partial charge in [0.05, 0.1) is 11.9 Å². The number of rotatable bonds is 3. The summed E-state index contributed by atoms with van der Waals surface area (Å²) in [4.78, 5) is 13.8. The van der Waals surface area contributed by atoms with Gasteiger partial charge in [-0.1, -0.05) is 18.5 Å². The lowest BCUT2D eigenvalue weighted by atomic mass is 10.1. The van der Waals surface area contributed by atoms with Crippen LogP contribution >= 0.6 is 11.6 Å². The van der Waals surface area contributed by atoms with Crippen LogP contribution < -0.4 is 16.2 Å². The normalized spacial score (nSPS) is 16.3. The van der Waals surface area contributed by atoms with E-state index >= 15 is 0 Å². The van der Waals surface area contributed by atoms with Crippen molar-refractivity contribution in [2.24, 2.45) is 5.73 Å². The molecule has 0 atom stereocenters. The minimum Gasteiger partial charge on any atom is -0.366 e. The van der Waals surface area contributed by atoms with Crippen molar-refractivity contribution in [3.05, 3.63) is 21.6 Å². The number of aromatic nitrogens is 2. The summed E-state index contributed by atoms with van der Waals surface area (Å²) >= 11 is 6.03. The zero-order valence-corrected chi connectivity index (χ0v) is 9.94. The fraction of sp³-hybridized carbons (Fsp3) is 0.600. The number of nitrogens with zero attached hydrogens (tertiary/aromatic N) is 3. The molecule has 0 aromatic carbocycles. The zero-order chi connectivity index (χ0) is 11.7. The van der Waals surface area contributed by atoms with Gasteiger partial charge in [0.1, 0.15) is 5.02 Å². The molecule has 16 heavy (non-hydrogen) atoms. The molecule has 5 nitrogen and oxygen atoms in total. The summed E-state index contributed by atoms with van der Waals surface area (Å²) in [5, 5.41) is 4.34. The quantitative estimate of drug-likeness (QED) is 0.836. The van der Waals surface area contributed by atoms with Crippen molar-refractivity contribution < 1.29 is 0 Å². The molecule has 0 saturated carbocycles. The molecule has 0 spiro atoms. The van der Waals surface area contributed by atoms with Gasteiger partial charge in [0.2, 0.25) is 0 Å². The Morgan fingerprint density at radius 1 is 1.62 bits per heavy atom. The van der Waals surface area contributed by atoms with Gasteiger partial charge in [-0.25, -0.2) is 4.68 Å². The molecule has 1 fully saturated rings. The number of anilines is 1. The van der Waals surface area contributed by atoms with Crippen molar-refractivity contribution in [2.75, 3.05) is 18.0 Å². The molecule has 2 rings (SSSR count). The van der Waals surface area contributed by atoms with E-state index < -0.39 is 0 Å². The summed E-state index contributed by atoms with van der Waals surface area (Å²) in [7, 11) is 0. The third kappa shape index (κ3) is 1.92. The molecule has 0 unspecified atom stereocenters. The van der Waals surface area contributed by atoms with Gasteiger partial charge < -0.3 is 10.6 Å². The molecule has 6 heteroatoms. The first-order valence-corrected chi connectivity index (χ1v) is 5.77. The van der Waals surface area contributed by atoms with Crippen LogP contribution in [-0.4, -0.2) is 28.9 Å². The Balaban J connectivity index is 2.28. The van der Waals surface area contributed by atoms with Crippen molar-refractivity contribution in [1.29, 1.82) is 0 Å². The lowest BCUT2D eigenvalue weighted by Gasteiger charge is -2.38. The number of hydrogen-bond donors (Lipinski definition) is 1. The van der Waals surface area contributed by atoms with Crippen LogP contribution in [0.15, 0.2) is 11.0 Å². The SMILES string of the molecule is CCCn1ncc(N2CC(N)C2)c(Cl)c1=O. The molecule has 0 amide bonds. The second kappa shape index (κ2) is 4.43. The third-order valence-corrected chi connectivity index (χ3v) is 3.01. The predicted octanol–water partition coefficient (Wildman–Crippen LogP) is 0.454. The highest BCUT2D eigenvalue weighted by Crippen LogP contribution is 2.24. The molecule has 0 bridgehead atoms. The van der Waals surface area contributed by atoms with E-state index in [-0.39, 0.29) is 16.6 Å². The highest BCUT2D eigenvalue weighted by atomic mass is 35.5. The molecule has 88 valence electrons. The van der Waals surface area contributed by atoms with Gasteiger partial charge in [-0.15, -0.1) is 0 Å². The van der Waals surface area contributed by atoms with Crippen molar-refractivity contribution in [2.45, 2.75) is 25.9 Å². The van der Waals surface area contributed by atoms with Crippen LogP contribution in [0.4, 0.5) is 5.69 Å². The van der Waals surface area contributed by atoms with E-state index in [9.17, 15) is 4.79 Å². The first kappa shape index (κ1) is 11.4. The highest BCUT2D eigenvalue weighted by Gasteiger charge is 2.26. The van der Waals surface area contributed by atoms with E-state index in [0.717, 1.165) is 19.5 Å². The largest absolute Gasteiger partial charge is 0.366 e. The maximum Gasteiger partial charge on any atom is 0.287 e. The number of nitrogens with two attached hydrogens (primary N) is 1. The smallest absolute Gasteiger partial charge is 0.287 e. The Bertz CT molecular complexity index is 439. The van der Waals surface area contributed by atoms with Crippen LogP contribution in [0, 0.1) is 0 Å². The number of aryl methyl sites for hydroxylation is 1. The minimum absolute atomic E-state index is 0.175. The van der Waals surface area contributed by atoms with E-state index in [0.29, 0.717) is 12.2 Å². The van der Waals surface area contributed by atoms with Gasteiger partial charge in [-0.05, 0) is 6.42 Å². The van der Waals surface area contributed by atoms with Gasteiger partial charge in [0, 0.05) is 25.7 Å². The summed E-state index contributed by atoms with van der Waals surface area (Å²) in [6, 6.07) is 0.175. The Kier molecular flexibility index (Phi) is 3.16. The first-order valence-electron chi connectivity index (χ1n) is 5.39. The lowest BCUT2D eigenvalue weighted by Crippen LogP contribution is -2.56. The second-order valence-electron chi connectivity index (χ2n) is 4.04. The fourth-order valence-electron chi connectivity index (χ4n) is 1.76. The average Bonchev–Trinajstić information content (AvgIpc) is 2.22. The van der Waals surface area contributed by atoms with Crippen LogP contribution in [-0.2, 0) is 6.54 Å². The molecule has 2 heterocycles. The van der Waals surface area contributed by atoms with Crippen molar-refractivity contribution >= 4 is 17.3 Å². The molecule has 0 aliphatic carbocycles. The number of hydrogen-bond acceptors (Lipinski definition) is 4. The monoisotopic (exact) mass is 242 g/mol. The van der Waals surface area contributed by atoms with Gasteiger partial charge in [0.15, 0.2) is 0 Å². The Labute approximate surface area is 98.8 Å².